The smallest absolute Gasteiger partial charge is 0.205 e. The van der Waals surface area contributed by atoms with Crippen LogP contribution in [0, 0.1) is 0 Å². The second kappa shape index (κ2) is 8.13. The van der Waals surface area contributed by atoms with E-state index in [4.69, 9.17) is 19.3 Å². The third-order valence-corrected chi connectivity index (χ3v) is 5.92. The molecule has 0 fully saturated rings. The molecule has 6 nitrogen and oxygen atoms in total. The zero-order valence-electron chi connectivity index (χ0n) is 16.9. The Morgan fingerprint density at radius 1 is 0.966 bits per heavy atom. The molecule has 0 bridgehead atoms. The highest BCUT2D eigenvalue weighted by Gasteiger charge is 2.20. The Morgan fingerprint density at radius 3 is 2.34 bits per heavy atom. The zero-order valence-corrected chi connectivity index (χ0v) is 17.7. The standard InChI is InChI=1S/C22H23N3O3S/c1-23-22-25(24-17-10-9-14-7-5-6-8-16(14)17)18(13-29-22)15-11-19(26-2)21(28-4)20(12-15)27-3/h5-8,11-13H,9-10H2,1-4H3. The molecule has 1 aromatic heterocycles. The quantitative estimate of drug-likeness (QED) is 0.641. The van der Waals surface area contributed by atoms with Crippen LogP contribution in [0.25, 0.3) is 11.3 Å². The molecule has 0 N–H and O–H groups in total. The molecule has 0 aliphatic heterocycles. The maximum atomic E-state index is 5.52. The highest BCUT2D eigenvalue weighted by atomic mass is 32.1. The maximum Gasteiger partial charge on any atom is 0.205 e. The molecule has 3 aromatic rings. The van der Waals surface area contributed by atoms with Gasteiger partial charge in [0.15, 0.2) is 11.5 Å². The summed E-state index contributed by atoms with van der Waals surface area (Å²) in [4.78, 5) is 5.25. The average Bonchev–Trinajstić information content (AvgIpc) is 3.37. The van der Waals surface area contributed by atoms with Crippen molar-refractivity contribution in [2.24, 2.45) is 10.1 Å². The molecule has 0 amide bonds. The van der Waals surface area contributed by atoms with E-state index in [1.165, 1.54) is 11.1 Å². The average molecular weight is 410 g/mol. The van der Waals surface area contributed by atoms with Crippen molar-refractivity contribution in [1.82, 2.24) is 4.68 Å². The van der Waals surface area contributed by atoms with Crippen LogP contribution in [0.15, 0.2) is 51.9 Å². The summed E-state index contributed by atoms with van der Waals surface area (Å²) < 4.78 is 18.4. The molecule has 7 heteroatoms. The fourth-order valence-electron chi connectivity index (χ4n) is 3.61. The van der Waals surface area contributed by atoms with Crippen molar-refractivity contribution in [2.45, 2.75) is 12.8 Å². The van der Waals surface area contributed by atoms with Gasteiger partial charge in [-0.2, -0.15) is 5.10 Å². The Labute approximate surface area is 173 Å². The molecule has 0 saturated carbocycles. The molecule has 4 rings (SSSR count). The third-order valence-electron chi connectivity index (χ3n) is 5.02. The van der Waals surface area contributed by atoms with E-state index >= 15 is 0 Å². The van der Waals surface area contributed by atoms with Crippen LogP contribution in [-0.4, -0.2) is 38.8 Å². The van der Waals surface area contributed by atoms with Crippen LogP contribution in [0.1, 0.15) is 17.5 Å². The predicted octanol–water partition coefficient (Wildman–Crippen LogP) is 3.97. The first-order chi connectivity index (χ1) is 14.2. The number of aromatic nitrogens is 1. The number of ether oxygens (including phenoxy) is 3. The molecule has 1 aliphatic rings. The van der Waals surface area contributed by atoms with Crippen LogP contribution in [-0.2, 0) is 6.42 Å². The lowest BCUT2D eigenvalue weighted by molar-refractivity contribution is 0.324. The number of thiazole rings is 1. The number of benzene rings is 2. The normalized spacial score (nSPS) is 14.9. The topological polar surface area (TPSA) is 57.3 Å². The highest BCUT2D eigenvalue weighted by Crippen LogP contribution is 2.41. The minimum Gasteiger partial charge on any atom is -0.493 e. The molecule has 0 spiro atoms. The summed E-state index contributed by atoms with van der Waals surface area (Å²) in [7, 11) is 6.61. The summed E-state index contributed by atoms with van der Waals surface area (Å²) in [6.45, 7) is 0. The van der Waals surface area contributed by atoms with Gasteiger partial charge in [-0.1, -0.05) is 24.3 Å². The molecule has 0 radical (unpaired) electrons. The van der Waals surface area contributed by atoms with Crippen molar-refractivity contribution in [3.8, 4) is 28.5 Å². The third kappa shape index (κ3) is 3.42. The predicted molar refractivity (Wildman–Crippen MR) is 116 cm³/mol. The van der Waals surface area contributed by atoms with Crippen molar-refractivity contribution >= 4 is 17.0 Å². The first kappa shape index (κ1) is 19.3. The van der Waals surface area contributed by atoms with Crippen LogP contribution in [0.4, 0.5) is 0 Å². The van der Waals surface area contributed by atoms with E-state index in [2.05, 4.69) is 29.3 Å². The summed E-state index contributed by atoms with van der Waals surface area (Å²) in [6.07, 6.45) is 1.93. The molecule has 150 valence electrons. The van der Waals surface area contributed by atoms with E-state index in [-0.39, 0.29) is 0 Å². The lowest BCUT2D eigenvalue weighted by Gasteiger charge is -2.14. The number of methoxy groups -OCH3 is 3. The number of fused-ring (bicyclic) bond motifs is 1. The number of hydrogen-bond donors (Lipinski definition) is 0. The van der Waals surface area contributed by atoms with Gasteiger partial charge in [0, 0.05) is 23.6 Å². The second-order valence-corrected chi connectivity index (χ2v) is 7.39. The highest BCUT2D eigenvalue weighted by molar-refractivity contribution is 7.07. The van der Waals surface area contributed by atoms with Crippen molar-refractivity contribution in [3.63, 3.8) is 0 Å². The minimum absolute atomic E-state index is 0.567. The van der Waals surface area contributed by atoms with Gasteiger partial charge >= 0.3 is 0 Å². The summed E-state index contributed by atoms with van der Waals surface area (Å²) in [5, 5.41) is 7.05. The molecular weight excluding hydrogens is 386 g/mol. The van der Waals surface area contributed by atoms with Crippen LogP contribution in [0.3, 0.4) is 0 Å². The van der Waals surface area contributed by atoms with E-state index in [1.807, 2.05) is 22.2 Å². The number of aryl methyl sites for hydroxylation is 1. The van der Waals surface area contributed by atoms with Crippen LogP contribution < -0.4 is 19.0 Å². The summed E-state index contributed by atoms with van der Waals surface area (Å²) in [5.74, 6) is 1.78. The Bertz CT molecular complexity index is 1120. The molecule has 1 heterocycles. The second-order valence-electron chi connectivity index (χ2n) is 6.56. The largest absolute Gasteiger partial charge is 0.493 e. The lowest BCUT2D eigenvalue weighted by atomic mass is 10.1. The van der Waals surface area contributed by atoms with Crippen molar-refractivity contribution < 1.29 is 14.2 Å². The monoisotopic (exact) mass is 409 g/mol. The maximum absolute atomic E-state index is 5.52. The van der Waals surface area contributed by atoms with E-state index < -0.39 is 0 Å². The van der Waals surface area contributed by atoms with E-state index in [0.29, 0.717) is 17.2 Å². The van der Waals surface area contributed by atoms with Gasteiger partial charge in [-0.15, -0.1) is 11.3 Å². The fraction of sp³-hybridized carbons (Fsp3) is 0.273. The minimum atomic E-state index is 0.567. The number of rotatable bonds is 5. The van der Waals surface area contributed by atoms with E-state index in [0.717, 1.165) is 34.6 Å². The Morgan fingerprint density at radius 2 is 1.69 bits per heavy atom. The van der Waals surface area contributed by atoms with Gasteiger partial charge in [-0.3, -0.25) is 4.99 Å². The SMILES string of the molecule is CN=c1scc(-c2cc(OC)c(OC)c(OC)c2)n1N=C1CCc2ccccc21. The van der Waals surface area contributed by atoms with Crippen molar-refractivity contribution in [2.75, 3.05) is 28.4 Å². The van der Waals surface area contributed by atoms with Gasteiger partial charge < -0.3 is 14.2 Å². The van der Waals surface area contributed by atoms with E-state index in [1.54, 1.807) is 39.7 Å². The summed E-state index contributed by atoms with van der Waals surface area (Å²) in [6, 6.07) is 12.3. The summed E-state index contributed by atoms with van der Waals surface area (Å²) in [5.41, 5.74) is 5.46. The fourth-order valence-corrected chi connectivity index (χ4v) is 4.40. The van der Waals surface area contributed by atoms with Gasteiger partial charge in [0.2, 0.25) is 10.6 Å². The van der Waals surface area contributed by atoms with Gasteiger partial charge in [0.25, 0.3) is 0 Å². The van der Waals surface area contributed by atoms with Crippen LogP contribution in [0.5, 0.6) is 17.2 Å². The Kier molecular flexibility index (Phi) is 5.40. The molecule has 0 atom stereocenters. The zero-order chi connectivity index (χ0) is 20.4. The van der Waals surface area contributed by atoms with Crippen molar-refractivity contribution in [3.05, 3.63) is 57.7 Å². The molecule has 1 aliphatic carbocycles. The number of nitrogens with zero attached hydrogens (tertiary/aromatic N) is 3. The first-order valence-electron chi connectivity index (χ1n) is 9.30. The molecule has 0 unspecified atom stereocenters. The molecular formula is C22H23N3O3S. The van der Waals surface area contributed by atoms with Gasteiger partial charge in [0.05, 0.1) is 32.7 Å². The van der Waals surface area contributed by atoms with Gasteiger partial charge in [-0.05, 0) is 30.5 Å². The lowest BCUT2D eigenvalue weighted by Crippen LogP contribution is -2.14. The Balaban J connectivity index is 1.89. The Hall–Kier alpha value is -3.06. The van der Waals surface area contributed by atoms with Crippen LogP contribution in [0.2, 0.25) is 0 Å². The van der Waals surface area contributed by atoms with Gasteiger partial charge in [0.1, 0.15) is 0 Å². The number of hydrogen-bond acceptors (Lipinski definition) is 6. The van der Waals surface area contributed by atoms with E-state index in [9.17, 15) is 0 Å². The van der Waals surface area contributed by atoms with Crippen LogP contribution >= 0.6 is 11.3 Å². The first-order valence-corrected chi connectivity index (χ1v) is 10.2. The molecule has 29 heavy (non-hydrogen) atoms. The van der Waals surface area contributed by atoms with Crippen molar-refractivity contribution in [1.29, 1.82) is 0 Å². The molecule has 0 saturated heterocycles. The summed E-state index contributed by atoms with van der Waals surface area (Å²) >= 11 is 1.55. The van der Waals surface area contributed by atoms with Gasteiger partial charge in [-0.25, -0.2) is 4.68 Å². The molecule has 2 aromatic carbocycles.